The van der Waals surface area contributed by atoms with Crippen LogP contribution in [0.2, 0.25) is 0 Å². The molecule has 0 atom stereocenters. The number of ether oxygens (including phenoxy) is 2. The van der Waals surface area contributed by atoms with Crippen molar-refractivity contribution in [3.8, 4) is 0 Å². The maximum absolute atomic E-state index is 12.6. The molecule has 0 aromatic heterocycles. The largest absolute Gasteiger partial charge is 0.458 e. The van der Waals surface area contributed by atoms with Crippen LogP contribution in [0.15, 0.2) is 72.8 Å². The molecule has 0 bridgehead atoms. The van der Waals surface area contributed by atoms with Crippen LogP contribution in [0.5, 0.6) is 0 Å². The number of carbonyl (C=O) groups excluding carboxylic acids is 2. The van der Waals surface area contributed by atoms with Crippen LogP contribution in [0.3, 0.4) is 0 Å². The molecule has 3 aromatic rings. The monoisotopic (exact) mass is 398 g/mol. The van der Waals surface area contributed by atoms with Crippen LogP contribution in [-0.4, -0.2) is 24.1 Å². The molecule has 0 saturated carbocycles. The molecule has 30 heavy (non-hydrogen) atoms. The van der Waals surface area contributed by atoms with E-state index in [0.717, 1.165) is 25.7 Å². The topological polar surface area (TPSA) is 52.6 Å². The molecular weight excluding hydrogens is 376 g/mol. The quantitative estimate of drug-likeness (QED) is 0.614. The zero-order chi connectivity index (χ0) is 20.5. The van der Waals surface area contributed by atoms with Crippen molar-refractivity contribution in [2.75, 3.05) is 0 Å². The molecule has 5 rings (SSSR count). The normalized spacial score (nSPS) is 15.5. The van der Waals surface area contributed by atoms with Crippen molar-refractivity contribution in [2.45, 2.75) is 37.9 Å². The number of rotatable bonds is 4. The summed E-state index contributed by atoms with van der Waals surface area (Å²) in [5.74, 6) is -0.813. The summed E-state index contributed by atoms with van der Waals surface area (Å²) in [4.78, 5) is 25.3. The first-order chi connectivity index (χ1) is 14.7. The molecule has 0 amide bonds. The minimum absolute atomic E-state index is 0.164. The Balaban J connectivity index is 1.22. The Hall–Kier alpha value is -3.40. The van der Waals surface area contributed by atoms with E-state index in [-0.39, 0.29) is 12.2 Å². The minimum atomic E-state index is -0.407. The third kappa shape index (κ3) is 3.73. The molecule has 2 aliphatic carbocycles. The van der Waals surface area contributed by atoms with Crippen LogP contribution >= 0.6 is 0 Å². The summed E-state index contributed by atoms with van der Waals surface area (Å²) in [5, 5.41) is 0. The van der Waals surface area contributed by atoms with Crippen molar-refractivity contribution >= 4 is 11.9 Å². The smallest absolute Gasteiger partial charge is 0.338 e. The predicted molar refractivity (Wildman–Crippen MR) is 113 cm³/mol. The van der Waals surface area contributed by atoms with Gasteiger partial charge in [0, 0.05) is 25.7 Å². The first kappa shape index (κ1) is 18.6. The van der Waals surface area contributed by atoms with Gasteiger partial charge in [0.05, 0.1) is 11.1 Å². The number of carbonyl (C=O) groups is 2. The van der Waals surface area contributed by atoms with Crippen LogP contribution in [0.25, 0.3) is 0 Å². The molecule has 4 nitrogen and oxygen atoms in total. The Labute approximate surface area is 175 Å². The second-order valence-electron chi connectivity index (χ2n) is 7.99. The first-order valence-electron chi connectivity index (χ1n) is 10.3. The van der Waals surface area contributed by atoms with E-state index in [2.05, 4.69) is 24.3 Å². The summed E-state index contributed by atoms with van der Waals surface area (Å²) in [5.41, 5.74) is 5.65. The van der Waals surface area contributed by atoms with E-state index in [4.69, 9.17) is 9.47 Å². The van der Waals surface area contributed by atoms with E-state index in [1.807, 2.05) is 24.3 Å². The molecule has 0 radical (unpaired) electrons. The summed E-state index contributed by atoms with van der Waals surface area (Å²) in [6.45, 7) is 0. The Kier molecular flexibility index (Phi) is 4.83. The average molecular weight is 398 g/mol. The van der Waals surface area contributed by atoms with Gasteiger partial charge < -0.3 is 9.47 Å². The lowest BCUT2D eigenvalue weighted by Gasteiger charge is -2.13. The minimum Gasteiger partial charge on any atom is -0.458 e. The number of hydrogen-bond acceptors (Lipinski definition) is 4. The van der Waals surface area contributed by atoms with Gasteiger partial charge in [-0.05, 0) is 40.5 Å². The van der Waals surface area contributed by atoms with Crippen LogP contribution < -0.4 is 0 Å². The van der Waals surface area contributed by atoms with Gasteiger partial charge in [0.2, 0.25) is 0 Å². The van der Waals surface area contributed by atoms with Crippen molar-refractivity contribution in [1.82, 2.24) is 0 Å². The maximum atomic E-state index is 12.6. The molecule has 0 spiro atoms. The van der Waals surface area contributed by atoms with Gasteiger partial charge in [0.25, 0.3) is 0 Å². The number of benzene rings is 3. The van der Waals surface area contributed by atoms with Crippen molar-refractivity contribution in [2.24, 2.45) is 0 Å². The van der Waals surface area contributed by atoms with Crippen LogP contribution in [0, 0.1) is 0 Å². The van der Waals surface area contributed by atoms with Gasteiger partial charge in [-0.2, -0.15) is 0 Å². The molecule has 150 valence electrons. The van der Waals surface area contributed by atoms with Crippen LogP contribution in [0.4, 0.5) is 0 Å². The summed E-state index contributed by atoms with van der Waals surface area (Å²) >= 11 is 0. The molecule has 2 aliphatic rings. The van der Waals surface area contributed by atoms with E-state index >= 15 is 0 Å². The lowest BCUT2D eigenvalue weighted by molar-refractivity contribution is 0.0324. The molecular formula is C26H22O4. The molecule has 4 heteroatoms. The molecule has 0 fully saturated rings. The van der Waals surface area contributed by atoms with Gasteiger partial charge in [-0.1, -0.05) is 54.6 Å². The van der Waals surface area contributed by atoms with Gasteiger partial charge >= 0.3 is 11.9 Å². The average Bonchev–Trinajstić information content (AvgIpc) is 3.36. The number of hydrogen-bond donors (Lipinski definition) is 0. The van der Waals surface area contributed by atoms with Crippen molar-refractivity contribution < 1.29 is 19.1 Å². The van der Waals surface area contributed by atoms with Crippen LogP contribution in [-0.2, 0) is 35.2 Å². The van der Waals surface area contributed by atoms with E-state index < -0.39 is 11.9 Å². The second-order valence-corrected chi connectivity index (χ2v) is 7.99. The third-order valence-corrected chi connectivity index (χ3v) is 5.91. The summed E-state index contributed by atoms with van der Waals surface area (Å²) in [6.07, 6.45) is 2.58. The standard InChI is InChI=1S/C26H22O4/c27-25(29-23-13-17-6-1-2-7-18(17)14-23)21-10-5-11-22(12-21)26(28)30-24-15-19-8-3-4-9-20(19)16-24/h1-12,23-24H,13-16H2. The fourth-order valence-electron chi connectivity index (χ4n) is 4.42. The highest BCUT2D eigenvalue weighted by Crippen LogP contribution is 2.26. The summed E-state index contributed by atoms with van der Waals surface area (Å²) in [6, 6.07) is 22.9. The Morgan fingerprint density at radius 3 is 1.30 bits per heavy atom. The Morgan fingerprint density at radius 2 is 0.933 bits per heavy atom. The lowest BCUT2D eigenvalue weighted by atomic mass is 10.1. The molecule has 0 saturated heterocycles. The SMILES string of the molecule is O=C(OC1Cc2ccccc2C1)c1cccc(C(=O)OC2Cc3ccccc3C2)c1. The van der Waals surface area contributed by atoms with Gasteiger partial charge in [-0.15, -0.1) is 0 Å². The Bertz CT molecular complexity index is 983. The zero-order valence-corrected chi connectivity index (χ0v) is 16.5. The third-order valence-electron chi connectivity index (χ3n) is 5.91. The number of fused-ring (bicyclic) bond motifs is 2. The van der Waals surface area contributed by atoms with E-state index in [0.29, 0.717) is 11.1 Å². The van der Waals surface area contributed by atoms with E-state index in [1.54, 1.807) is 24.3 Å². The van der Waals surface area contributed by atoms with Gasteiger partial charge in [-0.3, -0.25) is 0 Å². The lowest BCUT2D eigenvalue weighted by Crippen LogP contribution is -2.20. The molecule has 0 unspecified atom stereocenters. The van der Waals surface area contributed by atoms with Gasteiger partial charge in [0.1, 0.15) is 12.2 Å². The fourth-order valence-corrected chi connectivity index (χ4v) is 4.42. The van der Waals surface area contributed by atoms with Crippen molar-refractivity contribution in [3.05, 3.63) is 106 Å². The van der Waals surface area contributed by atoms with Crippen molar-refractivity contribution in [3.63, 3.8) is 0 Å². The predicted octanol–water partition coefficient (Wildman–Crippen LogP) is 4.34. The van der Waals surface area contributed by atoms with E-state index in [9.17, 15) is 9.59 Å². The van der Waals surface area contributed by atoms with Gasteiger partial charge in [-0.25, -0.2) is 9.59 Å². The fraction of sp³-hybridized carbons (Fsp3) is 0.231. The second kappa shape index (κ2) is 7.79. The molecule has 0 aliphatic heterocycles. The number of esters is 2. The van der Waals surface area contributed by atoms with Gasteiger partial charge in [0.15, 0.2) is 0 Å². The highest BCUT2D eigenvalue weighted by molar-refractivity contribution is 5.95. The zero-order valence-electron chi connectivity index (χ0n) is 16.5. The summed E-state index contributed by atoms with van der Waals surface area (Å²) < 4.78 is 11.4. The summed E-state index contributed by atoms with van der Waals surface area (Å²) in [7, 11) is 0. The first-order valence-corrected chi connectivity index (χ1v) is 10.3. The highest BCUT2D eigenvalue weighted by atomic mass is 16.5. The maximum Gasteiger partial charge on any atom is 0.338 e. The molecule has 0 heterocycles. The van der Waals surface area contributed by atoms with Crippen LogP contribution in [0.1, 0.15) is 43.0 Å². The van der Waals surface area contributed by atoms with Crippen molar-refractivity contribution in [1.29, 1.82) is 0 Å². The molecule has 3 aromatic carbocycles. The highest BCUT2D eigenvalue weighted by Gasteiger charge is 2.27. The molecule has 0 N–H and O–H groups in total. The Morgan fingerprint density at radius 1 is 0.567 bits per heavy atom. The van der Waals surface area contributed by atoms with E-state index in [1.165, 1.54) is 22.3 Å².